The summed E-state index contributed by atoms with van der Waals surface area (Å²) < 4.78 is 19.4. The van der Waals surface area contributed by atoms with Crippen LogP contribution in [0.2, 0.25) is 0 Å². The normalized spacial score (nSPS) is 13.7. The summed E-state index contributed by atoms with van der Waals surface area (Å²) in [7, 11) is 0. The number of anilines is 1. The molecule has 2 aromatic heterocycles. The Kier molecular flexibility index (Phi) is 6.89. The van der Waals surface area contributed by atoms with Crippen LogP contribution in [-0.4, -0.2) is 28.0 Å². The second-order valence-corrected chi connectivity index (χ2v) is 9.13. The highest BCUT2D eigenvalue weighted by atomic mass is 19.1. The van der Waals surface area contributed by atoms with E-state index >= 15 is 0 Å². The Morgan fingerprint density at radius 2 is 1.66 bits per heavy atom. The van der Waals surface area contributed by atoms with E-state index in [1.807, 2.05) is 30.3 Å². The molecule has 192 valence electrons. The molecule has 2 heterocycles. The molecule has 8 heteroatoms. The summed E-state index contributed by atoms with van der Waals surface area (Å²) in [5.74, 6) is -1.54. The Bertz CT molecular complexity index is 1600. The third kappa shape index (κ3) is 4.86. The molecule has 5 rings (SSSR count). The van der Waals surface area contributed by atoms with Gasteiger partial charge in [-0.3, -0.25) is 19.5 Å². The number of furan rings is 1. The van der Waals surface area contributed by atoms with Crippen molar-refractivity contribution in [2.24, 2.45) is 0 Å². The van der Waals surface area contributed by atoms with Gasteiger partial charge in [-0.05, 0) is 55.8 Å². The minimum absolute atomic E-state index is 0.376. The second kappa shape index (κ2) is 10.4. The molecule has 2 amide bonds. The second-order valence-electron chi connectivity index (χ2n) is 9.13. The maximum atomic E-state index is 13.8. The first-order chi connectivity index (χ1) is 18.3. The number of carbonyl (C=O) groups is 2. The zero-order valence-electron chi connectivity index (χ0n) is 20.8. The fourth-order valence-corrected chi connectivity index (χ4v) is 4.55. The predicted molar refractivity (Wildman–Crippen MR) is 143 cm³/mol. The molecule has 0 spiro atoms. The molecule has 0 saturated heterocycles. The Labute approximate surface area is 218 Å². The molecule has 0 aliphatic heterocycles. The van der Waals surface area contributed by atoms with Gasteiger partial charge in [0.2, 0.25) is 5.91 Å². The summed E-state index contributed by atoms with van der Waals surface area (Å²) >= 11 is 0. The van der Waals surface area contributed by atoms with Gasteiger partial charge in [0.05, 0.1) is 6.04 Å². The molecular weight excluding hydrogens is 485 g/mol. The Morgan fingerprint density at radius 1 is 0.921 bits per heavy atom. The van der Waals surface area contributed by atoms with Gasteiger partial charge in [0.1, 0.15) is 29.1 Å². The molecule has 7 nitrogen and oxygen atoms in total. The van der Waals surface area contributed by atoms with E-state index < -0.39 is 30.0 Å². The van der Waals surface area contributed by atoms with E-state index in [0.29, 0.717) is 28.0 Å². The molecule has 0 fully saturated rings. The number of carbonyl (C=O) groups excluding carboxylic acids is 2. The van der Waals surface area contributed by atoms with Crippen LogP contribution in [0.4, 0.5) is 10.1 Å². The van der Waals surface area contributed by atoms with E-state index in [2.05, 4.69) is 10.3 Å². The van der Waals surface area contributed by atoms with Crippen molar-refractivity contribution >= 4 is 39.4 Å². The van der Waals surface area contributed by atoms with Gasteiger partial charge in [-0.1, -0.05) is 36.4 Å². The largest absolute Gasteiger partial charge is 0.456 e. The zero-order chi connectivity index (χ0) is 26.8. The number of aliphatic hydroxyl groups is 1. The average Bonchev–Trinajstić information content (AvgIpc) is 3.29. The minimum atomic E-state index is -1.39. The Balaban J connectivity index is 1.60. The number of benzene rings is 3. The summed E-state index contributed by atoms with van der Waals surface area (Å²) in [6.07, 6.45) is 1.69. The summed E-state index contributed by atoms with van der Waals surface area (Å²) in [5, 5.41) is 15.1. The number of pyridine rings is 1. The maximum Gasteiger partial charge on any atom is 0.256 e. The van der Waals surface area contributed by atoms with Crippen LogP contribution in [-0.2, 0) is 9.59 Å². The van der Waals surface area contributed by atoms with Gasteiger partial charge in [0, 0.05) is 40.5 Å². The summed E-state index contributed by atoms with van der Waals surface area (Å²) in [6.45, 7) is 3.13. The molecular formula is C30H26FN3O4. The van der Waals surface area contributed by atoms with E-state index in [-0.39, 0.29) is 5.82 Å². The number of aromatic nitrogens is 1. The molecule has 0 bridgehead atoms. The Hall–Kier alpha value is -4.56. The zero-order valence-corrected chi connectivity index (χ0v) is 20.8. The van der Waals surface area contributed by atoms with Crippen LogP contribution in [0.25, 0.3) is 21.9 Å². The Morgan fingerprint density at radius 3 is 2.37 bits per heavy atom. The molecule has 0 aliphatic rings. The molecule has 38 heavy (non-hydrogen) atoms. The average molecular weight is 512 g/mol. The van der Waals surface area contributed by atoms with Crippen LogP contribution < -0.4 is 10.2 Å². The number of fused-ring (bicyclic) bond motifs is 3. The number of nitrogens with zero attached hydrogens (tertiary/aromatic N) is 2. The first-order valence-corrected chi connectivity index (χ1v) is 12.2. The first kappa shape index (κ1) is 25.1. The highest BCUT2D eigenvalue weighted by molar-refractivity contribution is 6.08. The molecule has 0 saturated carbocycles. The number of rotatable bonds is 7. The van der Waals surface area contributed by atoms with Gasteiger partial charge in [-0.25, -0.2) is 4.39 Å². The van der Waals surface area contributed by atoms with Crippen LogP contribution in [0.15, 0.2) is 95.7 Å². The van der Waals surface area contributed by atoms with Crippen LogP contribution in [0.1, 0.15) is 37.1 Å². The van der Waals surface area contributed by atoms with Crippen molar-refractivity contribution in [3.8, 4) is 0 Å². The van der Waals surface area contributed by atoms with E-state index in [0.717, 1.165) is 10.8 Å². The van der Waals surface area contributed by atoms with E-state index in [1.165, 1.54) is 30.2 Å². The summed E-state index contributed by atoms with van der Waals surface area (Å²) in [5.41, 5.74) is 2.76. The molecule has 3 aromatic carbocycles. The van der Waals surface area contributed by atoms with Gasteiger partial charge < -0.3 is 14.8 Å². The smallest absolute Gasteiger partial charge is 0.256 e. The van der Waals surface area contributed by atoms with E-state index in [4.69, 9.17) is 4.42 Å². The minimum Gasteiger partial charge on any atom is -0.456 e. The first-order valence-electron chi connectivity index (χ1n) is 12.2. The summed E-state index contributed by atoms with van der Waals surface area (Å²) in [4.78, 5) is 32.7. The maximum absolute atomic E-state index is 13.8. The fraction of sp³-hybridized carbons (Fsp3) is 0.167. The molecule has 2 N–H and O–H groups in total. The molecule has 0 aliphatic carbocycles. The fourth-order valence-electron chi connectivity index (χ4n) is 4.55. The van der Waals surface area contributed by atoms with Crippen molar-refractivity contribution in [3.63, 3.8) is 0 Å². The third-order valence-electron chi connectivity index (χ3n) is 6.47. The standard InChI is InChI=1S/C30H26FN3O4/c1-18(20-9-11-22(31)12-10-20)33-29(36)28(21-6-5-15-32-17-21)34(30(37)19(2)35)23-13-14-25-24-7-3-4-8-26(24)38-27(25)16-23/h3-19,28,35H,1-2H3,(H,33,36)/t18-,19+,28+/m0/s1. The lowest BCUT2D eigenvalue weighted by molar-refractivity contribution is -0.130. The lowest BCUT2D eigenvalue weighted by Crippen LogP contribution is -2.47. The number of nitrogens with one attached hydrogen (secondary N) is 1. The highest BCUT2D eigenvalue weighted by Gasteiger charge is 2.35. The van der Waals surface area contributed by atoms with Crippen molar-refractivity contribution in [3.05, 3.63) is 108 Å². The number of halogens is 1. The van der Waals surface area contributed by atoms with Gasteiger partial charge in [0.25, 0.3) is 5.91 Å². The number of hydrogen-bond donors (Lipinski definition) is 2. The van der Waals surface area contributed by atoms with Crippen molar-refractivity contribution in [1.29, 1.82) is 0 Å². The van der Waals surface area contributed by atoms with Gasteiger partial charge in [-0.2, -0.15) is 0 Å². The van der Waals surface area contributed by atoms with E-state index in [1.54, 1.807) is 49.5 Å². The predicted octanol–water partition coefficient (Wildman–Crippen LogP) is 5.45. The van der Waals surface area contributed by atoms with Crippen LogP contribution in [0.5, 0.6) is 0 Å². The molecule has 5 aromatic rings. The van der Waals surface area contributed by atoms with Crippen LogP contribution in [0, 0.1) is 5.82 Å². The van der Waals surface area contributed by atoms with Crippen molar-refractivity contribution in [1.82, 2.24) is 10.3 Å². The molecule has 0 radical (unpaired) electrons. The van der Waals surface area contributed by atoms with Crippen LogP contribution in [0.3, 0.4) is 0 Å². The quantitative estimate of drug-likeness (QED) is 0.303. The number of hydrogen-bond acceptors (Lipinski definition) is 5. The molecule has 3 atom stereocenters. The van der Waals surface area contributed by atoms with E-state index in [9.17, 15) is 19.1 Å². The van der Waals surface area contributed by atoms with Gasteiger partial charge >= 0.3 is 0 Å². The number of para-hydroxylation sites is 1. The summed E-state index contributed by atoms with van der Waals surface area (Å²) in [6, 6.07) is 20.4. The highest BCUT2D eigenvalue weighted by Crippen LogP contribution is 2.35. The third-order valence-corrected chi connectivity index (χ3v) is 6.47. The van der Waals surface area contributed by atoms with Crippen molar-refractivity contribution in [2.45, 2.75) is 32.0 Å². The topological polar surface area (TPSA) is 95.7 Å². The van der Waals surface area contributed by atoms with Crippen LogP contribution >= 0.6 is 0 Å². The molecule has 0 unspecified atom stereocenters. The lowest BCUT2D eigenvalue weighted by Gasteiger charge is -2.33. The number of amides is 2. The van der Waals surface area contributed by atoms with Crippen molar-refractivity contribution < 1.29 is 23.5 Å². The monoisotopic (exact) mass is 511 g/mol. The SMILES string of the molecule is C[C@H](NC(=O)[C@@H](c1cccnc1)N(C(=O)[C@@H](C)O)c1ccc2c(c1)oc1ccccc12)c1ccc(F)cc1. The van der Waals surface area contributed by atoms with Crippen molar-refractivity contribution in [2.75, 3.05) is 4.90 Å². The number of aliphatic hydroxyl groups excluding tert-OH is 1. The van der Waals surface area contributed by atoms with Gasteiger partial charge in [0.15, 0.2) is 0 Å². The van der Waals surface area contributed by atoms with Gasteiger partial charge in [-0.15, -0.1) is 0 Å². The lowest BCUT2D eigenvalue weighted by atomic mass is 10.0.